The summed E-state index contributed by atoms with van der Waals surface area (Å²) in [6.45, 7) is 1.96. The molecule has 0 fully saturated rings. The molecule has 2 heterocycles. The van der Waals surface area contributed by atoms with Gasteiger partial charge in [-0.1, -0.05) is 6.07 Å². The van der Waals surface area contributed by atoms with Crippen molar-refractivity contribution in [1.29, 1.82) is 0 Å². The van der Waals surface area contributed by atoms with E-state index in [9.17, 15) is 8.78 Å². The number of nitrogens with zero attached hydrogens (tertiary/aromatic N) is 2. The van der Waals surface area contributed by atoms with Gasteiger partial charge in [0.1, 0.15) is 5.65 Å². The lowest BCUT2D eigenvalue weighted by molar-refractivity contribution is 0.509. The number of pyridine rings is 1. The Morgan fingerprint density at radius 1 is 1.11 bits per heavy atom. The van der Waals surface area contributed by atoms with Gasteiger partial charge in [-0.15, -0.1) is 0 Å². The Hall–Kier alpha value is -2.23. The summed E-state index contributed by atoms with van der Waals surface area (Å²) < 4.78 is 27.9. The van der Waals surface area contributed by atoms with E-state index >= 15 is 0 Å². The van der Waals surface area contributed by atoms with Gasteiger partial charge in [-0.25, -0.2) is 13.8 Å². The van der Waals surface area contributed by atoms with Crippen molar-refractivity contribution >= 4 is 5.65 Å². The Morgan fingerprint density at radius 3 is 2.67 bits per heavy atom. The van der Waals surface area contributed by atoms with Crippen molar-refractivity contribution in [3.8, 4) is 11.3 Å². The number of fused-ring (bicyclic) bond motifs is 1. The number of hydrogen-bond acceptors (Lipinski definition) is 1. The average Bonchev–Trinajstić information content (AvgIpc) is 2.78. The van der Waals surface area contributed by atoms with E-state index in [0.717, 1.165) is 23.3 Å². The van der Waals surface area contributed by atoms with Gasteiger partial charge < -0.3 is 4.40 Å². The third-order valence-electron chi connectivity index (χ3n) is 2.89. The van der Waals surface area contributed by atoms with Crippen molar-refractivity contribution in [2.24, 2.45) is 0 Å². The lowest BCUT2D eigenvalue weighted by Gasteiger charge is -1.97. The highest BCUT2D eigenvalue weighted by Gasteiger charge is 2.08. The zero-order chi connectivity index (χ0) is 12.7. The van der Waals surface area contributed by atoms with Crippen LogP contribution in [0, 0.1) is 18.6 Å². The van der Waals surface area contributed by atoms with E-state index in [2.05, 4.69) is 4.98 Å². The van der Waals surface area contributed by atoms with Crippen LogP contribution in [0.25, 0.3) is 16.9 Å². The zero-order valence-electron chi connectivity index (χ0n) is 9.69. The van der Waals surface area contributed by atoms with E-state index in [-0.39, 0.29) is 0 Å². The van der Waals surface area contributed by atoms with Crippen molar-refractivity contribution in [2.75, 3.05) is 0 Å². The first-order valence-electron chi connectivity index (χ1n) is 5.55. The first-order valence-corrected chi connectivity index (χ1v) is 5.55. The van der Waals surface area contributed by atoms with Crippen LogP contribution in [-0.4, -0.2) is 9.38 Å². The molecule has 0 saturated carbocycles. The molecular weight excluding hydrogens is 234 g/mol. The van der Waals surface area contributed by atoms with Gasteiger partial charge in [-0.3, -0.25) is 0 Å². The second-order valence-electron chi connectivity index (χ2n) is 4.18. The minimum atomic E-state index is -0.860. The van der Waals surface area contributed by atoms with Crippen molar-refractivity contribution in [3.05, 3.63) is 59.9 Å². The summed E-state index contributed by atoms with van der Waals surface area (Å²) >= 11 is 0. The van der Waals surface area contributed by atoms with Crippen molar-refractivity contribution in [2.45, 2.75) is 6.92 Å². The van der Waals surface area contributed by atoms with Gasteiger partial charge in [0.2, 0.25) is 0 Å². The summed E-state index contributed by atoms with van der Waals surface area (Å²) in [4.78, 5) is 4.43. The number of imidazole rings is 1. The Morgan fingerprint density at radius 2 is 1.94 bits per heavy atom. The maximum absolute atomic E-state index is 13.2. The molecule has 0 aliphatic rings. The molecule has 2 aromatic heterocycles. The largest absolute Gasteiger partial charge is 0.306 e. The highest BCUT2D eigenvalue weighted by atomic mass is 19.2. The molecule has 0 spiro atoms. The Bertz CT molecular complexity index is 732. The highest BCUT2D eigenvalue weighted by molar-refractivity contribution is 5.64. The molecule has 0 aliphatic heterocycles. The van der Waals surface area contributed by atoms with Gasteiger partial charge >= 0.3 is 0 Å². The van der Waals surface area contributed by atoms with Crippen LogP contribution in [0.1, 0.15) is 5.56 Å². The van der Waals surface area contributed by atoms with Gasteiger partial charge in [-0.2, -0.15) is 0 Å². The Balaban J connectivity index is 2.19. The molecule has 0 atom stereocenters. The minimum absolute atomic E-state index is 0.567. The lowest BCUT2D eigenvalue weighted by atomic mass is 10.1. The minimum Gasteiger partial charge on any atom is -0.306 e. The van der Waals surface area contributed by atoms with Crippen LogP contribution >= 0.6 is 0 Å². The fourth-order valence-electron chi connectivity index (χ4n) is 1.95. The van der Waals surface area contributed by atoms with Crippen LogP contribution in [0.2, 0.25) is 0 Å². The summed E-state index contributed by atoms with van der Waals surface area (Å²) in [5.41, 5.74) is 3.05. The monoisotopic (exact) mass is 244 g/mol. The van der Waals surface area contributed by atoms with Crippen molar-refractivity contribution in [1.82, 2.24) is 9.38 Å². The van der Waals surface area contributed by atoms with Gasteiger partial charge in [-0.05, 0) is 36.8 Å². The fraction of sp³-hybridized carbons (Fsp3) is 0.0714. The number of aromatic nitrogens is 2. The van der Waals surface area contributed by atoms with Crippen LogP contribution in [0.4, 0.5) is 8.78 Å². The molecular formula is C14H10F2N2. The zero-order valence-corrected chi connectivity index (χ0v) is 9.69. The molecule has 0 unspecified atom stereocenters. The number of hydrogen-bond donors (Lipinski definition) is 0. The van der Waals surface area contributed by atoms with Crippen LogP contribution in [-0.2, 0) is 0 Å². The lowest BCUT2D eigenvalue weighted by Crippen LogP contribution is -1.85. The number of aryl methyl sites for hydroxylation is 1. The van der Waals surface area contributed by atoms with E-state index in [4.69, 9.17) is 0 Å². The van der Waals surface area contributed by atoms with Crippen molar-refractivity contribution in [3.63, 3.8) is 0 Å². The SMILES string of the molecule is Cc1cccn2cc(-c3ccc(F)c(F)c3)nc12. The second kappa shape index (κ2) is 3.91. The summed E-state index contributed by atoms with van der Waals surface area (Å²) in [5, 5.41) is 0. The molecule has 3 aromatic rings. The van der Waals surface area contributed by atoms with E-state index in [1.165, 1.54) is 6.07 Å². The maximum Gasteiger partial charge on any atom is 0.159 e. The summed E-state index contributed by atoms with van der Waals surface area (Å²) in [6, 6.07) is 7.67. The molecule has 0 saturated heterocycles. The number of halogens is 2. The quantitative estimate of drug-likeness (QED) is 0.639. The fourth-order valence-corrected chi connectivity index (χ4v) is 1.95. The first-order chi connectivity index (χ1) is 8.65. The highest BCUT2D eigenvalue weighted by Crippen LogP contribution is 2.22. The number of benzene rings is 1. The maximum atomic E-state index is 13.2. The van der Waals surface area contributed by atoms with E-state index in [0.29, 0.717) is 11.3 Å². The smallest absolute Gasteiger partial charge is 0.159 e. The summed E-state index contributed by atoms with van der Waals surface area (Å²) in [7, 11) is 0. The molecule has 4 heteroatoms. The molecule has 3 rings (SSSR count). The topological polar surface area (TPSA) is 17.3 Å². The van der Waals surface area contributed by atoms with E-state index in [1.54, 1.807) is 6.20 Å². The first kappa shape index (κ1) is 10.9. The molecule has 18 heavy (non-hydrogen) atoms. The van der Waals surface area contributed by atoms with Gasteiger partial charge in [0, 0.05) is 18.0 Å². The Kier molecular flexibility index (Phi) is 2.37. The summed E-state index contributed by atoms with van der Waals surface area (Å²) in [6.07, 6.45) is 3.67. The van der Waals surface area contributed by atoms with Crippen LogP contribution in [0.3, 0.4) is 0 Å². The molecule has 0 radical (unpaired) electrons. The molecule has 1 aromatic carbocycles. The van der Waals surface area contributed by atoms with Crippen molar-refractivity contribution < 1.29 is 8.78 Å². The van der Waals surface area contributed by atoms with Gasteiger partial charge in [0.15, 0.2) is 11.6 Å². The van der Waals surface area contributed by atoms with Gasteiger partial charge in [0.05, 0.1) is 5.69 Å². The Labute approximate surface area is 103 Å². The normalized spacial score (nSPS) is 11.1. The second-order valence-corrected chi connectivity index (χ2v) is 4.18. The molecule has 0 N–H and O–H groups in total. The number of rotatable bonds is 1. The van der Waals surface area contributed by atoms with Crippen LogP contribution in [0.5, 0.6) is 0 Å². The predicted molar refractivity (Wildman–Crippen MR) is 65.3 cm³/mol. The molecule has 0 aliphatic carbocycles. The molecule has 2 nitrogen and oxygen atoms in total. The molecule has 90 valence electrons. The van der Waals surface area contributed by atoms with E-state index in [1.807, 2.05) is 29.7 Å². The van der Waals surface area contributed by atoms with E-state index < -0.39 is 11.6 Å². The molecule has 0 amide bonds. The average molecular weight is 244 g/mol. The third kappa shape index (κ3) is 1.66. The third-order valence-corrected chi connectivity index (χ3v) is 2.89. The standard InChI is InChI=1S/C14H10F2N2/c1-9-3-2-6-18-8-13(17-14(9)18)10-4-5-11(15)12(16)7-10/h2-8H,1H3. The van der Waals surface area contributed by atoms with Crippen LogP contribution < -0.4 is 0 Å². The summed E-state index contributed by atoms with van der Waals surface area (Å²) in [5.74, 6) is -1.71. The predicted octanol–water partition coefficient (Wildman–Crippen LogP) is 3.59. The molecule has 0 bridgehead atoms. The van der Waals surface area contributed by atoms with Gasteiger partial charge in [0.25, 0.3) is 0 Å². The van der Waals surface area contributed by atoms with Crippen LogP contribution in [0.15, 0.2) is 42.7 Å².